The average molecular weight is 239 g/mol. The van der Waals surface area contributed by atoms with Crippen LogP contribution in [0.3, 0.4) is 0 Å². The molecule has 3 nitrogen and oxygen atoms in total. The van der Waals surface area contributed by atoms with Gasteiger partial charge in [-0.05, 0) is 43.0 Å². The van der Waals surface area contributed by atoms with Crippen molar-refractivity contribution in [3.8, 4) is 0 Å². The molecule has 1 aliphatic carbocycles. The van der Waals surface area contributed by atoms with E-state index in [-0.39, 0.29) is 6.04 Å². The highest BCUT2D eigenvalue weighted by molar-refractivity contribution is 5.39. The Balaban J connectivity index is 1.97. The van der Waals surface area contributed by atoms with E-state index in [1.807, 2.05) is 19.4 Å². The summed E-state index contributed by atoms with van der Waals surface area (Å²) in [6.07, 6.45) is 9.05. The largest absolute Gasteiger partial charge is 0.309 e. The first-order valence-corrected chi connectivity index (χ1v) is 6.42. The standard InChI is InChI=1S/C15H17N3/c1-16-15(14-8-17-10-18-9-14)13-6-5-11-3-2-4-12(11)7-13/h5-10,15-16H,2-4H2,1H3. The van der Waals surface area contributed by atoms with Crippen LogP contribution in [0.25, 0.3) is 0 Å². The minimum atomic E-state index is 0.178. The molecule has 1 heterocycles. The third-order valence-electron chi connectivity index (χ3n) is 3.66. The maximum atomic E-state index is 4.10. The molecule has 0 bridgehead atoms. The predicted molar refractivity (Wildman–Crippen MR) is 71.4 cm³/mol. The molecule has 1 aromatic heterocycles. The zero-order valence-electron chi connectivity index (χ0n) is 10.6. The molecule has 1 unspecified atom stereocenters. The van der Waals surface area contributed by atoms with Gasteiger partial charge in [-0.1, -0.05) is 18.2 Å². The Morgan fingerprint density at radius 2 is 1.83 bits per heavy atom. The lowest BCUT2D eigenvalue weighted by molar-refractivity contribution is 0.683. The number of hydrogen-bond acceptors (Lipinski definition) is 3. The highest BCUT2D eigenvalue weighted by Crippen LogP contribution is 2.27. The maximum absolute atomic E-state index is 4.10. The lowest BCUT2D eigenvalue weighted by Gasteiger charge is -2.17. The summed E-state index contributed by atoms with van der Waals surface area (Å²) in [5, 5.41) is 3.35. The van der Waals surface area contributed by atoms with Gasteiger partial charge in [-0.3, -0.25) is 0 Å². The third-order valence-corrected chi connectivity index (χ3v) is 3.66. The van der Waals surface area contributed by atoms with Gasteiger partial charge < -0.3 is 5.32 Å². The van der Waals surface area contributed by atoms with Gasteiger partial charge in [-0.15, -0.1) is 0 Å². The zero-order valence-corrected chi connectivity index (χ0v) is 10.6. The highest BCUT2D eigenvalue weighted by Gasteiger charge is 2.16. The normalized spacial score (nSPS) is 15.4. The molecular formula is C15H17N3. The Morgan fingerprint density at radius 1 is 1.06 bits per heavy atom. The lowest BCUT2D eigenvalue weighted by Crippen LogP contribution is -2.18. The molecule has 0 saturated carbocycles. The van der Waals surface area contributed by atoms with Gasteiger partial charge in [0.25, 0.3) is 0 Å². The number of benzene rings is 1. The predicted octanol–water partition coefficient (Wildman–Crippen LogP) is 2.27. The number of nitrogens with one attached hydrogen (secondary N) is 1. The third kappa shape index (κ3) is 2.02. The maximum Gasteiger partial charge on any atom is 0.115 e. The van der Waals surface area contributed by atoms with Crippen molar-refractivity contribution in [3.63, 3.8) is 0 Å². The van der Waals surface area contributed by atoms with Crippen LogP contribution in [-0.2, 0) is 12.8 Å². The number of aromatic nitrogens is 2. The van der Waals surface area contributed by atoms with Crippen molar-refractivity contribution in [3.05, 3.63) is 59.2 Å². The molecule has 1 aliphatic rings. The van der Waals surface area contributed by atoms with Gasteiger partial charge in [-0.2, -0.15) is 0 Å². The number of rotatable bonds is 3. The van der Waals surface area contributed by atoms with Crippen LogP contribution in [0.1, 0.15) is 34.7 Å². The SMILES string of the molecule is CNC(c1cncnc1)c1ccc2c(c1)CCC2. The van der Waals surface area contributed by atoms with Crippen molar-refractivity contribution in [2.45, 2.75) is 25.3 Å². The molecular weight excluding hydrogens is 222 g/mol. The van der Waals surface area contributed by atoms with Crippen molar-refractivity contribution in [2.24, 2.45) is 0 Å². The quantitative estimate of drug-likeness (QED) is 0.893. The van der Waals surface area contributed by atoms with Crippen LogP contribution in [0.15, 0.2) is 36.9 Å². The molecule has 1 N–H and O–H groups in total. The van der Waals surface area contributed by atoms with E-state index in [2.05, 4.69) is 33.5 Å². The van der Waals surface area contributed by atoms with Crippen LogP contribution in [0, 0.1) is 0 Å². The molecule has 0 fully saturated rings. The fourth-order valence-electron chi connectivity index (χ4n) is 2.76. The molecule has 2 aromatic rings. The summed E-state index contributed by atoms with van der Waals surface area (Å²) < 4.78 is 0. The summed E-state index contributed by atoms with van der Waals surface area (Å²) in [5.41, 5.74) is 5.42. The second-order valence-corrected chi connectivity index (χ2v) is 4.78. The molecule has 1 atom stereocenters. The van der Waals surface area contributed by atoms with Gasteiger partial charge in [0.1, 0.15) is 6.33 Å². The van der Waals surface area contributed by atoms with E-state index in [0.717, 1.165) is 5.56 Å². The van der Waals surface area contributed by atoms with E-state index >= 15 is 0 Å². The molecule has 0 radical (unpaired) electrons. The number of hydrogen-bond donors (Lipinski definition) is 1. The lowest BCUT2D eigenvalue weighted by atomic mass is 9.97. The fourth-order valence-corrected chi connectivity index (χ4v) is 2.76. The van der Waals surface area contributed by atoms with E-state index in [9.17, 15) is 0 Å². The van der Waals surface area contributed by atoms with Gasteiger partial charge >= 0.3 is 0 Å². The van der Waals surface area contributed by atoms with E-state index < -0.39 is 0 Å². The van der Waals surface area contributed by atoms with E-state index in [1.54, 1.807) is 6.33 Å². The summed E-state index contributed by atoms with van der Waals surface area (Å²) in [6, 6.07) is 7.00. The molecule has 0 spiro atoms. The van der Waals surface area contributed by atoms with E-state index in [4.69, 9.17) is 0 Å². The second kappa shape index (κ2) is 4.86. The number of aryl methyl sites for hydroxylation is 2. The minimum Gasteiger partial charge on any atom is -0.309 e. The van der Waals surface area contributed by atoms with Crippen molar-refractivity contribution in [2.75, 3.05) is 7.05 Å². The molecule has 92 valence electrons. The monoisotopic (exact) mass is 239 g/mol. The van der Waals surface area contributed by atoms with E-state index in [0.29, 0.717) is 0 Å². The van der Waals surface area contributed by atoms with Crippen LogP contribution in [0.4, 0.5) is 0 Å². The number of nitrogens with zero attached hydrogens (tertiary/aromatic N) is 2. The topological polar surface area (TPSA) is 37.8 Å². The molecule has 3 heteroatoms. The first-order valence-electron chi connectivity index (χ1n) is 6.42. The first kappa shape index (κ1) is 11.4. The molecule has 3 rings (SSSR count). The second-order valence-electron chi connectivity index (χ2n) is 4.78. The van der Waals surface area contributed by atoms with Crippen LogP contribution < -0.4 is 5.32 Å². The van der Waals surface area contributed by atoms with Crippen LogP contribution in [0.5, 0.6) is 0 Å². The Kier molecular flexibility index (Phi) is 3.07. The zero-order chi connectivity index (χ0) is 12.4. The van der Waals surface area contributed by atoms with E-state index in [1.165, 1.54) is 36.0 Å². The summed E-state index contributed by atoms with van der Waals surface area (Å²) in [5.74, 6) is 0. The van der Waals surface area contributed by atoms with Crippen molar-refractivity contribution in [1.82, 2.24) is 15.3 Å². The highest BCUT2D eigenvalue weighted by atomic mass is 14.9. The van der Waals surface area contributed by atoms with Gasteiger partial charge in [0, 0.05) is 18.0 Å². The molecule has 0 saturated heterocycles. The molecule has 18 heavy (non-hydrogen) atoms. The van der Waals surface area contributed by atoms with Gasteiger partial charge in [-0.25, -0.2) is 9.97 Å². The Morgan fingerprint density at radius 3 is 2.61 bits per heavy atom. The molecule has 0 aliphatic heterocycles. The molecule has 1 aromatic carbocycles. The van der Waals surface area contributed by atoms with Gasteiger partial charge in [0.2, 0.25) is 0 Å². The smallest absolute Gasteiger partial charge is 0.115 e. The Labute approximate surface area is 107 Å². The summed E-state index contributed by atoms with van der Waals surface area (Å²) in [6.45, 7) is 0. The van der Waals surface area contributed by atoms with Crippen molar-refractivity contribution >= 4 is 0 Å². The van der Waals surface area contributed by atoms with Crippen molar-refractivity contribution < 1.29 is 0 Å². The summed E-state index contributed by atoms with van der Waals surface area (Å²) >= 11 is 0. The molecule has 0 amide bonds. The average Bonchev–Trinajstić information content (AvgIpc) is 2.88. The van der Waals surface area contributed by atoms with Gasteiger partial charge in [0.15, 0.2) is 0 Å². The summed E-state index contributed by atoms with van der Waals surface area (Å²) in [7, 11) is 1.98. The van der Waals surface area contributed by atoms with Gasteiger partial charge in [0.05, 0.1) is 6.04 Å². The first-order chi connectivity index (χ1) is 8.88. The fraction of sp³-hybridized carbons (Fsp3) is 0.333. The Bertz CT molecular complexity index is 537. The Hall–Kier alpha value is -1.74. The summed E-state index contributed by atoms with van der Waals surface area (Å²) in [4.78, 5) is 8.20. The van der Waals surface area contributed by atoms with Crippen LogP contribution >= 0.6 is 0 Å². The minimum absolute atomic E-state index is 0.178. The van der Waals surface area contributed by atoms with Crippen LogP contribution in [0.2, 0.25) is 0 Å². The van der Waals surface area contributed by atoms with Crippen molar-refractivity contribution in [1.29, 1.82) is 0 Å². The number of fused-ring (bicyclic) bond motifs is 1. The van der Waals surface area contributed by atoms with Crippen LogP contribution in [-0.4, -0.2) is 17.0 Å².